The molecule has 0 aliphatic carbocycles. The van der Waals surface area contributed by atoms with Gasteiger partial charge in [-0.15, -0.1) is 0 Å². The standard InChI is InChI=1S/C17H19ClN2O3/c1-2-22-15-5-3-4-6-16(15)23-12-20-17(21)19-11-13-7-9-14(18)10-8-13/h3-10H,2,11-12H2,1H3,(H2,19,20,21). The Bertz CT molecular complexity index is 632. The van der Waals surface area contributed by atoms with Crippen molar-refractivity contribution in [2.45, 2.75) is 13.5 Å². The van der Waals surface area contributed by atoms with Crippen LogP contribution in [0, 0.1) is 0 Å². The van der Waals surface area contributed by atoms with Crippen LogP contribution in [-0.2, 0) is 6.54 Å². The summed E-state index contributed by atoms with van der Waals surface area (Å²) < 4.78 is 11.0. The second-order valence-corrected chi connectivity index (χ2v) is 5.09. The molecule has 0 saturated carbocycles. The molecule has 0 heterocycles. The number of urea groups is 1. The maximum absolute atomic E-state index is 11.7. The summed E-state index contributed by atoms with van der Waals surface area (Å²) >= 11 is 5.81. The fraction of sp³-hybridized carbons (Fsp3) is 0.235. The molecule has 2 N–H and O–H groups in total. The maximum Gasteiger partial charge on any atom is 0.317 e. The van der Waals surface area contributed by atoms with E-state index in [0.717, 1.165) is 5.56 Å². The molecule has 0 aliphatic rings. The monoisotopic (exact) mass is 334 g/mol. The van der Waals surface area contributed by atoms with Gasteiger partial charge in [0.2, 0.25) is 0 Å². The smallest absolute Gasteiger partial charge is 0.317 e. The fourth-order valence-corrected chi connectivity index (χ4v) is 2.00. The number of carbonyl (C=O) groups excluding carboxylic acids is 1. The Hall–Kier alpha value is -2.40. The van der Waals surface area contributed by atoms with Crippen LogP contribution in [-0.4, -0.2) is 19.4 Å². The highest BCUT2D eigenvalue weighted by molar-refractivity contribution is 6.30. The summed E-state index contributed by atoms with van der Waals surface area (Å²) in [6.07, 6.45) is 0. The summed E-state index contributed by atoms with van der Waals surface area (Å²) in [7, 11) is 0. The number of hydrogen-bond acceptors (Lipinski definition) is 3. The van der Waals surface area contributed by atoms with Crippen molar-refractivity contribution in [2.75, 3.05) is 13.3 Å². The van der Waals surface area contributed by atoms with E-state index in [9.17, 15) is 4.79 Å². The van der Waals surface area contributed by atoms with Crippen LogP contribution in [0.4, 0.5) is 4.79 Å². The molecule has 2 rings (SSSR count). The Balaban J connectivity index is 1.73. The molecule has 5 nitrogen and oxygen atoms in total. The molecular formula is C17H19ClN2O3. The first kappa shape index (κ1) is 17.0. The first-order valence-corrected chi connectivity index (χ1v) is 7.67. The summed E-state index contributed by atoms with van der Waals surface area (Å²) in [6, 6.07) is 14.3. The number of halogens is 1. The van der Waals surface area contributed by atoms with E-state index in [2.05, 4.69) is 10.6 Å². The minimum Gasteiger partial charge on any atom is -0.490 e. The topological polar surface area (TPSA) is 59.6 Å². The Labute approximate surface area is 140 Å². The van der Waals surface area contributed by atoms with E-state index in [1.54, 1.807) is 18.2 Å². The summed E-state index contributed by atoms with van der Waals surface area (Å²) in [5, 5.41) is 6.03. The maximum atomic E-state index is 11.7. The van der Waals surface area contributed by atoms with Gasteiger partial charge in [0, 0.05) is 11.6 Å². The van der Waals surface area contributed by atoms with Gasteiger partial charge in [-0.3, -0.25) is 0 Å². The van der Waals surface area contributed by atoms with Crippen LogP contribution in [0.15, 0.2) is 48.5 Å². The van der Waals surface area contributed by atoms with Gasteiger partial charge in [-0.05, 0) is 36.8 Å². The molecule has 0 fully saturated rings. The Morgan fingerprint density at radius 3 is 2.30 bits per heavy atom. The zero-order valence-corrected chi connectivity index (χ0v) is 13.6. The molecule has 0 saturated heterocycles. The van der Waals surface area contributed by atoms with Gasteiger partial charge >= 0.3 is 6.03 Å². The lowest BCUT2D eigenvalue weighted by Crippen LogP contribution is -2.37. The lowest BCUT2D eigenvalue weighted by Gasteiger charge is -2.12. The molecule has 23 heavy (non-hydrogen) atoms. The van der Waals surface area contributed by atoms with Gasteiger partial charge in [-0.1, -0.05) is 35.9 Å². The number of carbonyl (C=O) groups is 1. The molecule has 2 aromatic carbocycles. The molecule has 0 radical (unpaired) electrons. The lowest BCUT2D eigenvalue weighted by molar-refractivity contribution is 0.219. The van der Waals surface area contributed by atoms with Crippen molar-refractivity contribution < 1.29 is 14.3 Å². The van der Waals surface area contributed by atoms with Crippen molar-refractivity contribution in [3.8, 4) is 11.5 Å². The van der Waals surface area contributed by atoms with Crippen LogP contribution < -0.4 is 20.1 Å². The molecule has 6 heteroatoms. The molecule has 0 unspecified atom stereocenters. The molecule has 0 aromatic heterocycles. The largest absolute Gasteiger partial charge is 0.490 e. The average Bonchev–Trinajstić information content (AvgIpc) is 2.56. The van der Waals surface area contributed by atoms with E-state index in [1.807, 2.05) is 37.3 Å². The van der Waals surface area contributed by atoms with Gasteiger partial charge in [-0.2, -0.15) is 0 Å². The first-order valence-electron chi connectivity index (χ1n) is 7.30. The molecule has 0 bridgehead atoms. The van der Waals surface area contributed by atoms with Crippen molar-refractivity contribution in [3.05, 3.63) is 59.1 Å². The highest BCUT2D eigenvalue weighted by Crippen LogP contribution is 2.25. The zero-order chi connectivity index (χ0) is 16.5. The highest BCUT2D eigenvalue weighted by Gasteiger charge is 2.04. The predicted molar refractivity (Wildman–Crippen MR) is 89.9 cm³/mol. The molecule has 0 atom stereocenters. The van der Waals surface area contributed by atoms with Crippen LogP contribution in [0.3, 0.4) is 0 Å². The quantitative estimate of drug-likeness (QED) is 0.761. The minimum absolute atomic E-state index is 0.0521. The van der Waals surface area contributed by atoms with Crippen LogP contribution in [0.2, 0.25) is 5.02 Å². The van der Waals surface area contributed by atoms with Crippen LogP contribution >= 0.6 is 11.6 Å². The van der Waals surface area contributed by atoms with E-state index in [-0.39, 0.29) is 12.8 Å². The van der Waals surface area contributed by atoms with Crippen LogP contribution in [0.25, 0.3) is 0 Å². The Kier molecular flexibility index (Phi) is 6.56. The summed E-state index contributed by atoms with van der Waals surface area (Å²) in [6.45, 7) is 2.92. The van der Waals surface area contributed by atoms with E-state index < -0.39 is 0 Å². The number of rotatable bonds is 7. The van der Waals surface area contributed by atoms with E-state index in [4.69, 9.17) is 21.1 Å². The number of amides is 2. The second kappa shape index (κ2) is 8.90. The third-order valence-electron chi connectivity index (χ3n) is 2.98. The van der Waals surface area contributed by atoms with Gasteiger partial charge in [0.1, 0.15) is 0 Å². The first-order chi connectivity index (χ1) is 11.2. The van der Waals surface area contributed by atoms with Crippen molar-refractivity contribution in [1.29, 1.82) is 0 Å². The fourth-order valence-electron chi connectivity index (χ4n) is 1.87. The van der Waals surface area contributed by atoms with Crippen LogP contribution in [0.1, 0.15) is 12.5 Å². The van der Waals surface area contributed by atoms with E-state index in [1.165, 1.54) is 0 Å². The third-order valence-corrected chi connectivity index (χ3v) is 3.23. The summed E-state index contributed by atoms with van der Waals surface area (Å²) in [5.74, 6) is 1.24. The van der Waals surface area contributed by atoms with Crippen molar-refractivity contribution in [1.82, 2.24) is 10.6 Å². The molecule has 122 valence electrons. The van der Waals surface area contributed by atoms with Crippen molar-refractivity contribution >= 4 is 17.6 Å². The number of benzene rings is 2. The van der Waals surface area contributed by atoms with Crippen LogP contribution in [0.5, 0.6) is 11.5 Å². The molecule has 2 aromatic rings. The van der Waals surface area contributed by atoms with Gasteiger partial charge in [0.15, 0.2) is 18.2 Å². The minimum atomic E-state index is -0.311. The second-order valence-electron chi connectivity index (χ2n) is 4.65. The number of para-hydroxylation sites is 2. The Morgan fingerprint density at radius 1 is 1.00 bits per heavy atom. The van der Waals surface area contributed by atoms with Gasteiger partial charge in [-0.25, -0.2) is 4.79 Å². The third kappa shape index (κ3) is 5.71. The molecule has 0 spiro atoms. The van der Waals surface area contributed by atoms with Gasteiger partial charge < -0.3 is 20.1 Å². The molecular weight excluding hydrogens is 316 g/mol. The van der Waals surface area contributed by atoms with Crippen molar-refractivity contribution in [2.24, 2.45) is 0 Å². The summed E-state index contributed by atoms with van der Waals surface area (Å²) in [4.78, 5) is 11.7. The predicted octanol–water partition coefficient (Wildman–Crippen LogP) is 3.57. The average molecular weight is 335 g/mol. The van der Waals surface area contributed by atoms with E-state index >= 15 is 0 Å². The summed E-state index contributed by atoms with van der Waals surface area (Å²) in [5.41, 5.74) is 0.965. The van der Waals surface area contributed by atoms with Crippen molar-refractivity contribution in [3.63, 3.8) is 0 Å². The van der Waals surface area contributed by atoms with Gasteiger partial charge in [0.25, 0.3) is 0 Å². The number of hydrogen-bond donors (Lipinski definition) is 2. The molecule has 2 amide bonds. The lowest BCUT2D eigenvalue weighted by atomic mass is 10.2. The number of ether oxygens (including phenoxy) is 2. The highest BCUT2D eigenvalue weighted by atomic mass is 35.5. The molecule has 0 aliphatic heterocycles. The van der Waals surface area contributed by atoms with E-state index in [0.29, 0.717) is 29.7 Å². The van der Waals surface area contributed by atoms with Gasteiger partial charge in [0.05, 0.1) is 6.61 Å². The Morgan fingerprint density at radius 2 is 1.65 bits per heavy atom. The normalized spacial score (nSPS) is 10.0. The zero-order valence-electron chi connectivity index (χ0n) is 12.8. The SMILES string of the molecule is CCOc1ccccc1OCNC(=O)NCc1ccc(Cl)cc1. The number of nitrogens with one attached hydrogen (secondary N) is 2.